The molecule has 3 N–H and O–H groups in total. The predicted octanol–water partition coefficient (Wildman–Crippen LogP) is 4.99. The van der Waals surface area contributed by atoms with Crippen molar-refractivity contribution >= 4 is 46.2 Å². The maximum Gasteiger partial charge on any atom is 0.428 e. The molecule has 3 aromatic rings. The summed E-state index contributed by atoms with van der Waals surface area (Å²) in [7, 11) is 0. The van der Waals surface area contributed by atoms with Crippen LogP contribution in [0, 0.1) is 0 Å². The Morgan fingerprint density at radius 3 is 2.32 bits per heavy atom. The van der Waals surface area contributed by atoms with Crippen LogP contribution in [0.15, 0.2) is 54.7 Å². The van der Waals surface area contributed by atoms with Crippen LogP contribution >= 0.6 is 23.2 Å². The van der Waals surface area contributed by atoms with Gasteiger partial charge in [-0.1, -0.05) is 23.2 Å². The monoisotopic (exact) mass is 580 g/mol. The molecule has 7 nitrogen and oxygen atoms in total. The van der Waals surface area contributed by atoms with Crippen molar-refractivity contribution in [3.05, 3.63) is 81.6 Å². The molecule has 4 rings (SSSR count). The highest BCUT2D eigenvalue weighted by atomic mass is 35.5. The SMILES string of the molecule is O=C(CNC(=O)c1ccc(C2=CC(c3cc(Cl)cc(Cl)c3)(C(F)(F)F)ON2)n2cccc12)NCC(F)(F)F. The largest absolute Gasteiger partial charge is 0.428 e. The Hall–Kier alpha value is -3.42. The highest BCUT2D eigenvalue weighted by molar-refractivity contribution is 6.34. The summed E-state index contributed by atoms with van der Waals surface area (Å²) in [5, 5.41) is 3.78. The molecule has 0 aliphatic carbocycles. The lowest BCUT2D eigenvalue weighted by Gasteiger charge is -2.28. The molecule has 3 heterocycles. The van der Waals surface area contributed by atoms with Crippen LogP contribution in [0.25, 0.3) is 11.2 Å². The number of amides is 2. The molecular formula is C23H16Cl2F6N4O3. The first-order valence-corrected chi connectivity index (χ1v) is 11.4. The van der Waals surface area contributed by atoms with E-state index in [9.17, 15) is 35.9 Å². The standard InChI is InChI=1S/C23H16Cl2F6N4O3/c24-13-6-12(7-14(25)8-13)21(23(29,30)31)9-16(34-38-21)18-4-3-15(17-2-1-5-35(17)18)20(37)32-10-19(36)33-11-22(26,27)28/h1-9,34H,10-11H2,(H,32,37)(H,33,36). The average Bonchev–Trinajstić information content (AvgIpc) is 3.48. The van der Waals surface area contributed by atoms with Gasteiger partial charge in [0.2, 0.25) is 11.5 Å². The second kappa shape index (κ2) is 10.0. The number of carbonyl (C=O) groups excluding carboxylic acids is 2. The number of hydroxylamine groups is 1. The molecule has 0 saturated carbocycles. The summed E-state index contributed by atoms with van der Waals surface area (Å²) in [6, 6.07) is 9.07. The zero-order chi connectivity index (χ0) is 27.9. The first-order valence-electron chi connectivity index (χ1n) is 10.6. The van der Waals surface area contributed by atoms with E-state index in [-0.39, 0.29) is 38.1 Å². The van der Waals surface area contributed by atoms with Crippen molar-refractivity contribution in [2.45, 2.75) is 18.0 Å². The molecule has 202 valence electrons. The van der Waals surface area contributed by atoms with Crippen LogP contribution in [0.5, 0.6) is 0 Å². The van der Waals surface area contributed by atoms with Crippen molar-refractivity contribution in [3.8, 4) is 0 Å². The average molecular weight is 581 g/mol. The summed E-state index contributed by atoms with van der Waals surface area (Å²) in [5.41, 5.74) is -0.646. The summed E-state index contributed by atoms with van der Waals surface area (Å²) in [6.07, 6.45) is -7.25. The van der Waals surface area contributed by atoms with Crippen LogP contribution in [0.4, 0.5) is 26.3 Å². The molecular weight excluding hydrogens is 565 g/mol. The zero-order valence-corrected chi connectivity index (χ0v) is 20.3. The Morgan fingerprint density at radius 1 is 1.00 bits per heavy atom. The maximum atomic E-state index is 14.3. The molecule has 2 aromatic heterocycles. The van der Waals surface area contributed by atoms with Crippen LogP contribution in [0.3, 0.4) is 0 Å². The van der Waals surface area contributed by atoms with Crippen molar-refractivity contribution in [3.63, 3.8) is 0 Å². The zero-order valence-electron chi connectivity index (χ0n) is 18.8. The third-order valence-electron chi connectivity index (χ3n) is 5.49. The molecule has 0 fully saturated rings. The second-order valence-electron chi connectivity index (χ2n) is 8.12. The predicted molar refractivity (Wildman–Crippen MR) is 125 cm³/mol. The third-order valence-corrected chi connectivity index (χ3v) is 5.93. The number of pyridine rings is 1. The minimum atomic E-state index is -4.93. The summed E-state index contributed by atoms with van der Waals surface area (Å²) in [5.74, 6) is -1.84. The summed E-state index contributed by atoms with van der Waals surface area (Å²) < 4.78 is 81.0. The van der Waals surface area contributed by atoms with Crippen LogP contribution in [0.1, 0.15) is 21.6 Å². The highest BCUT2D eigenvalue weighted by Gasteiger charge is 2.60. The summed E-state index contributed by atoms with van der Waals surface area (Å²) in [6.45, 7) is -2.27. The van der Waals surface area contributed by atoms with Gasteiger partial charge in [0, 0.05) is 21.8 Å². The minimum Gasteiger partial charge on any atom is -0.345 e. The van der Waals surface area contributed by atoms with E-state index in [1.165, 1.54) is 40.9 Å². The molecule has 38 heavy (non-hydrogen) atoms. The molecule has 1 unspecified atom stereocenters. The van der Waals surface area contributed by atoms with E-state index in [1.807, 2.05) is 0 Å². The summed E-state index contributed by atoms with van der Waals surface area (Å²) >= 11 is 11.8. The van der Waals surface area contributed by atoms with Crippen molar-refractivity contribution in [1.82, 2.24) is 20.5 Å². The van der Waals surface area contributed by atoms with E-state index in [4.69, 9.17) is 28.0 Å². The van der Waals surface area contributed by atoms with Gasteiger partial charge in [-0.2, -0.15) is 26.3 Å². The number of rotatable bonds is 6. The molecule has 1 aliphatic heterocycles. The number of halogens is 8. The summed E-state index contributed by atoms with van der Waals surface area (Å²) in [4.78, 5) is 29.3. The van der Waals surface area contributed by atoms with E-state index >= 15 is 0 Å². The van der Waals surface area contributed by atoms with Crippen LogP contribution < -0.4 is 16.1 Å². The van der Waals surface area contributed by atoms with Gasteiger partial charge >= 0.3 is 12.4 Å². The van der Waals surface area contributed by atoms with Crippen LogP contribution in [-0.2, 0) is 15.2 Å². The fourth-order valence-corrected chi connectivity index (χ4v) is 4.33. The van der Waals surface area contributed by atoms with Crippen molar-refractivity contribution in [2.24, 2.45) is 0 Å². The number of alkyl halides is 6. The van der Waals surface area contributed by atoms with Crippen molar-refractivity contribution in [2.75, 3.05) is 13.1 Å². The first-order chi connectivity index (χ1) is 17.7. The van der Waals surface area contributed by atoms with E-state index in [0.29, 0.717) is 0 Å². The number of benzene rings is 1. The molecule has 1 aliphatic rings. The third kappa shape index (κ3) is 5.54. The van der Waals surface area contributed by atoms with Gasteiger partial charge in [-0.25, -0.2) is 0 Å². The Kier molecular flexibility index (Phi) is 7.30. The second-order valence-corrected chi connectivity index (χ2v) is 9.00. The van der Waals surface area contributed by atoms with Crippen molar-refractivity contribution in [1.29, 1.82) is 0 Å². The topological polar surface area (TPSA) is 83.9 Å². The molecule has 15 heteroatoms. The van der Waals surface area contributed by atoms with E-state index in [0.717, 1.165) is 18.2 Å². The quantitative estimate of drug-likeness (QED) is 0.359. The van der Waals surface area contributed by atoms with Gasteiger partial charge < -0.3 is 15.0 Å². The maximum absolute atomic E-state index is 14.3. The Morgan fingerprint density at radius 2 is 1.68 bits per heavy atom. The molecule has 0 bridgehead atoms. The lowest BCUT2D eigenvalue weighted by molar-refractivity contribution is -0.269. The van der Waals surface area contributed by atoms with E-state index in [1.54, 1.807) is 5.32 Å². The number of nitrogens with one attached hydrogen (secondary N) is 3. The van der Waals surface area contributed by atoms with Gasteiger partial charge in [0.05, 0.1) is 29.0 Å². The molecule has 2 amide bonds. The highest BCUT2D eigenvalue weighted by Crippen LogP contribution is 2.48. The Labute approximate surface area is 220 Å². The lowest BCUT2D eigenvalue weighted by atomic mass is 9.92. The molecule has 0 radical (unpaired) electrons. The van der Waals surface area contributed by atoms with Crippen molar-refractivity contribution < 1.29 is 40.8 Å². The first kappa shape index (κ1) is 27.6. The molecule has 1 atom stereocenters. The van der Waals surface area contributed by atoms with Gasteiger partial charge in [0.25, 0.3) is 5.91 Å². The molecule has 0 saturated heterocycles. The van der Waals surface area contributed by atoms with E-state index in [2.05, 4.69) is 10.8 Å². The van der Waals surface area contributed by atoms with Crippen LogP contribution in [-0.4, -0.2) is 41.7 Å². The Bertz CT molecular complexity index is 1420. The van der Waals surface area contributed by atoms with Gasteiger partial charge in [0.1, 0.15) is 6.54 Å². The van der Waals surface area contributed by atoms with Crippen LogP contribution in [0.2, 0.25) is 10.0 Å². The number of fused-ring (bicyclic) bond motifs is 1. The fourth-order valence-electron chi connectivity index (χ4n) is 3.80. The number of nitrogens with zero attached hydrogens (tertiary/aromatic N) is 1. The number of aromatic nitrogens is 1. The normalized spacial score (nSPS) is 17.7. The number of carbonyl (C=O) groups is 2. The van der Waals surface area contributed by atoms with Gasteiger partial charge in [0.15, 0.2) is 0 Å². The molecule has 1 aromatic carbocycles. The lowest BCUT2D eigenvalue weighted by Crippen LogP contribution is -2.42. The van der Waals surface area contributed by atoms with Gasteiger partial charge in [-0.3, -0.25) is 19.9 Å². The van der Waals surface area contributed by atoms with Gasteiger partial charge in [-0.15, -0.1) is 0 Å². The molecule has 0 spiro atoms. The Balaban J connectivity index is 1.64. The van der Waals surface area contributed by atoms with Gasteiger partial charge in [-0.05, 0) is 48.5 Å². The fraction of sp³-hybridized carbons (Fsp3) is 0.217. The van der Waals surface area contributed by atoms with E-state index < -0.39 is 42.9 Å². The number of hydrogen-bond acceptors (Lipinski definition) is 4. The smallest absolute Gasteiger partial charge is 0.345 e. The minimum absolute atomic E-state index is 0.0191. The number of hydrogen-bond donors (Lipinski definition) is 3.